The second-order valence-corrected chi connectivity index (χ2v) is 10.6. The maximum absolute atomic E-state index is 14.0. The first kappa shape index (κ1) is 22.2. The standard InChI is InChI=1S/C24H19F2NO3S2/c1-14-4-3-5-15(2)19(14)13-32(29,30)18-8-9-21-22(12-18)31-23(24(28)27-21)10-16-6-7-17(25)11-20(16)26/h3-12H,13H2,1-2H3,(H,27,28). The molecule has 0 bridgehead atoms. The van der Waals surface area contributed by atoms with E-state index < -0.39 is 27.4 Å². The Kier molecular flexibility index (Phi) is 5.92. The summed E-state index contributed by atoms with van der Waals surface area (Å²) in [7, 11) is -3.64. The summed E-state index contributed by atoms with van der Waals surface area (Å²) in [6, 6.07) is 13.3. The third-order valence-corrected chi connectivity index (χ3v) is 7.95. The topological polar surface area (TPSA) is 63.2 Å². The predicted octanol–water partition coefficient (Wildman–Crippen LogP) is 5.64. The van der Waals surface area contributed by atoms with Crippen LogP contribution in [-0.4, -0.2) is 14.3 Å². The molecule has 0 radical (unpaired) electrons. The lowest BCUT2D eigenvalue weighted by atomic mass is 10.1. The molecule has 4 rings (SSSR count). The van der Waals surface area contributed by atoms with E-state index in [9.17, 15) is 22.0 Å². The van der Waals surface area contributed by atoms with Crippen LogP contribution < -0.4 is 5.32 Å². The highest BCUT2D eigenvalue weighted by Crippen LogP contribution is 2.40. The van der Waals surface area contributed by atoms with E-state index in [1.807, 2.05) is 32.0 Å². The van der Waals surface area contributed by atoms with Crippen molar-refractivity contribution in [2.24, 2.45) is 0 Å². The number of carbonyl (C=O) groups is 1. The Labute approximate surface area is 189 Å². The molecule has 0 saturated heterocycles. The van der Waals surface area contributed by atoms with Crippen molar-refractivity contribution >= 4 is 39.3 Å². The van der Waals surface area contributed by atoms with E-state index >= 15 is 0 Å². The summed E-state index contributed by atoms with van der Waals surface area (Å²) in [4.78, 5) is 13.3. The zero-order valence-corrected chi connectivity index (χ0v) is 18.9. The molecule has 0 atom stereocenters. The van der Waals surface area contributed by atoms with Gasteiger partial charge in [-0.2, -0.15) is 0 Å². The van der Waals surface area contributed by atoms with E-state index in [-0.39, 0.29) is 21.1 Å². The largest absolute Gasteiger partial charge is 0.320 e. The van der Waals surface area contributed by atoms with Crippen molar-refractivity contribution in [2.45, 2.75) is 29.4 Å². The summed E-state index contributed by atoms with van der Waals surface area (Å²) >= 11 is 1.04. The molecule has 3 aromatic carbocycles. The number of hydrogen-bond acceptors (Lipinski definition) is 4. The molecule has 32 heavy (non-hydrogen) atoms. The van der Waals surface area contributed by atoms with Crippen LogP contribution in [0.4, 0.5) is 14.5 Å². The Morgan fingerprint density at radius 2 is 1.72 bits per heavy atom. The molecule has 1 aliphatic heterocycles. The lowest BCUT2D eigenvalue weighted by Gasteiger charge is -2.20. The van der Waals surface area contributed by atoms with Crippen LogP contribution in [0.1, 0.15) is 22.3 Å². The van der Waals surface area contributed by atoms with Crippen molar-refractivity contribution in [3.8, 4) is 0 Å². The SMILES string of the molecule is Cc1cccc(C)c1CS(=O)(=O)c1ccc2c(c1)SC(=Cc1ccc(F)cc1F)C(=O)N2. The Bertz CT molecular complexity index is 1360. The minimum atomic E-state index is -3.64. The molecule has 164 valence electrons. The van der Waals surface area contributed by atoms with E-state index in [0.717, 1.165) is 40.6 Å². The van der Waals surface area contributed by atoms with Crippen LogP contribution in [0, 0.1) is 25.5 Å². The molecule has 1 heterocycles. The Morgan fingerprint density at radius 3 is 2.41 bits per heavy atom. The number of anilines is 1. The molecular weight excluding hydrogens is 452 g/mol. The summed E-state index contributed by atoms with van der Waals surface area (Å²) in [5, 5.41) is 2.69. The highest BCUT2D eigenvalue weighted by atomic mass is 32.2. The van der Waals surface area contributed by atoms with Gasteiger partial charge < -0.3 is 5.32 Å². The number of nitrogens with one attached hydrogen (secondary N) is 1. The molecule has 0 aliphatic carbocycles. The second-order valence-electron chi connectivity index (χ2n) is 7.52. The second kappa shape index (κ2) is 8.52. The average Bonchev–Trinajstić information content (AvgIpc) is 2.73. The zero-order valence-electron chi connectivity index (χ0n) is 17.3. The smallest absolute Gasteiger partial charge is 0.262 e. The lowest BCUT2D eigenvalue weighted by molar-refractivity contribution is -0.112. The first-order valence-electron chi connectivity index (χ1n) is 9.72. The van der Waals surface area contributed by atoms with Gasteiger partial charge in [0.2, 0.25) is 0 Å². The summed E-state index contributed by atoms with van der Waals surface area (Å²) in [6.45, 7) is 3.75. The monoisotopic (exact) mass is 471 g/mol. The third kappa shape index (κ3) is 4.47. The van der Waals surface area contributed by atoms with Gasteiger partial charge in [-0.1, -0.05) is 30.0 Å². The number of carbonyl (C=O) groups excluding carboxylic acids is 1. The van der Waals surface area contributed by atoms with Crippen LogP contribution >= 0.6 is 11.8 Å². The first-order chi connectivity index (χ1) is 15.1. The van der Waals surface area contributed by atoms with Crippen molar-refractivity contribution < 1.29 is 22.0 Å². The molecule has 1 N–H and O–H groups in total. The molecule has 1 amide bonds. The number of fused-ring (bicyclic) bond motifs is 1. The van der Waals surface area contributed by atoms with Gasteiger partial charge in [0.05, 0.1) is 21.2 Å². The molecule has 3 aromatic rings. The third-order valence-electron chi connectivity index (χ3n) is 5.23. The number of thioether (sulfide) groups is 1. The van der Waals surface area contributed by atoms with E-state index in [1.54, 1.807) is 6.07 Å². The van der Waals surface area contributed by atoms with Gasteiger partial charge in [0.1, 0.15) is 11.6 Å². The molecule has 0 spiro atoms. The van der Waals surface area contributed by atoms with Gasteiger partial charge in [-0.3, -0.25) is 4.79 Å². The summed E-state index contributed by atoms with van der Waals surface area (Å²) in [5.74, 6) is -2.08. The van der Waals surface area contributed by atoms with Gasteiger partial charge >= 0.3 is 0 Å². The lowest BCUT2D eigenvalue weighted by Crippen LogP contribution is -2.18. The highest BCUT2D eigenvalue weighted by molar-refractivity contribution is 8.04. The van der Waals surface area contributed by atoms with Crippen LogP contribution in [0.5, 0.6) is 0 Å². The fourth-order valence-electron chi connectivity index (χ4n) is 3.44. The van der Waals surface area contributed by atoms with Gasteiger partial charge in [-0.05, 0) is 66.9 Å². The normalized spacial score (nSPS) is 14.9. The van der Waals surface area contributed by atoms with Crippen LogP contribution in [0.15, 0.2) is 69.3 Å². The number of hydrogen-bond donors (Lipinski definition) is 1. The Balaban J connectivity index is 1.67. The van der Waals surface area contributed by atoms with Gasteiger partial charge in [-0.15, -0.1) is 0 Å². The minimum Gasteiger partial charge on any atom is -0.320 e. The predicted molar refractivity (Wildman–Crippen MR) is 122 cm³/mol. The quantitative estimate of drug-likeness (QED) is 0.500. The number of rotatable bonds is 4. The van der Waals surface area contributed by atoms with Crippen molar-refractivity contribution in [2.75, 3.05) is 5.32 Å². The zero-order chi connectivity index (χ0) is 23.0. The molecule has 1 aliphatic rings. The van der Waals surface area contributed by atoms with Gasteiger partial charge in [0, 0.05) is 16.5 Å². The van der Waals surface area contributed by atoms with Gasteiger partial charge in [-0.25, -0.2) is 17.2 Å². The molecular formula is C24H19F2NO3S2. The summed E-state index contributed by atoms with van der Waals surface area (Å²) < 4.78 is 53.4. The number of benzene rings is 3. The number of halogens is 2. The molecule has 0 aromatic heterocycles. The molecule has 0 unspecified atom stereocenters. The van der Waals surface area contributed by atoms with Crippen molar-refractivity contribution in [3.63, 3.8) is 0 Å². The Morgan fingerprint density at radius 1 is 1.00 bits per heavy atom. The van der Waals surface area contributed by atoms with E-state index in [0.29, 0.717) is 10.6 Å². The highest BCUT2D eigenvalue weighted by Gasteiger charge is 2.25. The van der Waals surface area contributed by atoms with Crippen LogP contribution in [0.3, 0.4) is 0 Å². The summed E-state index contributed by atoms with van der Waals surface area (Å²) in [5.41, 5.74) is 3.10. The van der Waals surface area contributed by atoms with Gasteiger partial charge in [0.25, 0.3) is 5.91 Å². The fraction of sp³-hybridized carbons (Fsp3) is 0.125. The van der Waals surface area contributed by atoms with Gasteiger partial charge in [0.15, 0.2) is 9.84 Å². The van der Waals surface area contributed by atoms with Crippen molar-refractivity contribution in [1.82, 2.24) is 0 Å². The van der Waals surface area contributed by atoms with E-state index in [4.69, 9.17) is 0 Å². The average molecular weight is 472 g/mol. The molecule has 4 nitrogen and oxygen atoms in total. The van der Waals surface area contributed by atoms with Crippen LogP contribution in [0.2, 0.25) is 0 Å². The van der Waals surface area contributed by atoms with Crippen molar-refractivity contribution in [1.29, 1.82) is 0 Å². The fourth-order valence-corrected chi connectivity index (χ4v) is 6.07. The molecule has 0 fully saturated rings. The number of sulfone groups is 1. The minimum absolute atomic E-state index is 0.0614. The van der Waals surface area contributed by atoms with E-state index in [1.165, 1.54) is 24.3 Å². The first-order valence-corrected chi connectivity index (χ1v) is 12.2. The Hall–Kier alpha value is -2.97. The maximum atomic E-state index is 14.0. The van der Waals surface area contributed by atoms with Crippen molar-refractivity contribution in [3.05, 3.63) is 93.4 Å². The molecule has 8 heteroatoms. The van der Waals surface area contributed by atoms with Crippen LogP contribution in [-0.2, 0) is 20.4 Å². The number of aryl methyl sites for hydroxylation is 2. The number of amides is 1. The van der Waals surface area contributed by atoms with E-state index in [2.05, 4.69) is 5.32 Å². The van der Waals surface area contributed by atoms with Crippen LogP contribution in [0.25, 0.3) is 6.08 Å². The maximum Gasteiger partial charge on any atom is 0.262 e. The molecule has 0 saturated carbocycles. The summed E-state index contributed by atoms with van der Waals surface area (Å²) in [6.07, 6.45) is 1.32.